The summed E-state index contributed by atoms with van der Waals surface area (Å²) in [4.78, 5) is 26.7. The summed E-state index contributed by atoms with van der Waals surface area (Å²) in [7, 11) is 0. The first-order valence-electron chi connectivity index (χ1n) is 9.09. The monoisotopic (exact) mass is 352 g/mol. The summed E-state index contributed by atoms with van der Waals surface area (Å²) in [6.45, 7) is 0.745. The average molecular weight is 352 g/mol. The molecule has 4 nitrogen and oxygen atoms in total. The van der Waals surface area contributed by atoms with Crippen molar-refractivity contribution in [3.8, 4) is 0 Å². The van der Waals surface area contributed by atoms with Gasteiger partial charge in [-0.1, -0.05) is 18.2 Å². The molecule has 1 aliphatic carbocycles. The molecular weight excluding hydrogens is 331 g/mol. The van der Waals surface area contributed by atoms with E-state index < -0.39 is 0 Å². The highest BCUT2D eigenvalue weighted by Gasteiger charge is 2.35. The van der Waals surface area contributed by atoms with Gasteiger partial charge in [0.05, 0.1) is 6.42 Å². The highest BCUT2D eigenvalue weighted by molar-refractivity contribution is 5.99. The minimum atomic E-state index is -0.315. The lowest BCUT2D eigenvalue weighted by molar-refractivity contribution is -0.120. The molecule has 1 N–H and O–H groups in total. The number of amides is 2. The van der Waals surface area contributed by atoms with Crippen LogP contribution in [-0.2, 0) is 22.4 Å². The molecule has 0 bridgehead atoms. The predicted molar refractivity (Wildman–Crippen MR) is 98.6 cm³/mol. The molecule has 0 saturated heterocycles. The van der Waals surface area contributed by atoms with E-state index in [4.69, 9.17) is 0 Å². The van der Waals surface area contributed by atoms with Crippen molar-refractivity contribution < 1.29 is 14.0 Å². The molecule has 0 aromatic heterocycles. The number of fused-ring (bicyclic) bond motifs is 1. The number of nitrogens with one attached hydrogen (secondary N) is 1. The molecule has 2 aliphatic rings. The van der Waals surface area contributed by atoms with Gasteiger partial charge in [0, 0.05) is 23.8 Å². The van der Waals surface area contributed by atoms with Crippen molar-refractivity contribution in [1.82, 2.24) is 0 Å². The Bertz CT molecular complexity index is 844. The van der Waals surface area contributed by atoms with Crippen LogP contribution >= 0.6 is 0 Å². The van der Waals surface area contributed by atoms with Gasteiger partial charge in [0.15, 0.2) is 0 Å². The summed E-state index contributed by atoms with van der Waals surface area (Å²) >= 11 is 0. The fourth-order valence-electron chi connectivity index (χ4n) is 3.42. The number of halogens is 1. The molecule has 0 spiro atoms. The average Bonchev–Trinajstić information content (AvgIpc) is 3.48. The summed E-state index contributed by atoms with van der Waals surface area (Å²) in [6.07, 6.45) is 4.08. The third kappa shape index (κ3) is 3.62. The van der Waals surface area contributed by atoms with Crippen LogP contribution in [-0.4, -0.2) is 18.4 Å². The zero-order valence-electron chi connectivity index (χ0n) is 14.5. The maximum atomic E-state index is 13.0. The van der Waals surface area contributed by atoms with Crippen molar-refractivity contribution in [1.29, 1.82) is 0 Å². The van der Waals surface area contributed by atoms with Gasteiger partial charge in [-0.05, 0) is 61.1 Å². The molecule has 1 fully saturated rings. The zero-order chi connectivity index (χ0) is 18.1. The molecule has 2 aromatic rings. The minimum Gasteiger partial charge on any atom is -0.326 e. The third-order valence-corrected chi connectivity index (χ3v) is 4.96. The highest BCUT2D eigenvalue weighted by atomic mass is 19.1. The standard InChI is InChI=1S/C21H21FN2O2/c22-17-8-3-14(4-9-17)12-20(25)23-18-10-7-15-2-1-11-24(19(15)13-18)21(26)16-5-6-16/h3-4,7-10,13,16H,1-2,5-6,11-12H2,(H,23,25). The maximum absolute atomic E-state index is 13.0. The molecule has 1 aliphatic heterocycles. The summed E-state index contributed by atoms with van der Waals surface area (Å²) in [5, 5.41) is 2.89. The Kier molecular flexibility index (Phi) is 4.45. The van der Waals surface area contributed by atoms with E-state index in [-0.39, 0.29) is 30.0 Å². The number of aryl methyl sites for hydroxylation is 1. The number of hydrogen-bond donors (Lipinski definition) is 1. The molecule has 0 radical (unpaired) electrons. The minimum absolute atomic E-state index is 0.160. The number of anilines is 2. The predicted octanol–water partition coefficient (Wildman–Crippen LogP) is 3.70. The SMILES string of the molecule is O=C(Cc1ccc(F)cc1)Nc1ccc2c(c1)N(C(=O)C1CC1)CCC2. The summed E-state index contributed by atoms with van der Waals surface area (Å²) in [5.74, 6) is -0.0879. The number of benzene rings is 2. The van der Waals surface area contributed by atoms with E-state index >= 15 is 0 Å². The maximum Gasteiger partial charge on any atom is 0.230 e. The molecule has 1 heterocycles. The van der Waals surface area contributed by atoms with Crippen molar-refractivity contribution in [3.05, 3.63) is 59.4 Å². The van der Waals surface area contributed by atoms with Gasteiger partial charge in [0.25, 0.3) is 0 Å². The quantitative estimate of drug-likeness (QED) is 0.912. The molecule has 2 aromatic carbocycles. The number of rotatable bonds is 4. The Morgan fingerprint density at radius 1 is 1.12 bits per heavy atom. The van der Waals surface area contributed by atoms with Crippen molar-refractivity contribution in [2.45, 2.75) is 32.1 Å². The first-order valence-corrected chi connectivity index (χ1v) is 9.09. The first-order chi connectivity index (χ1) is 12.6. The molecular formula is C21H21FN2O2. The van der Waals surface area contributed by atoms with Crippen LogP contribution in [0.2, 0.25) is 0 Å². The highest BCUT2D eigenvalue weighted by Crippen LogP contribution is 2.36. The van der Waals surface area contributed by atoms with E-state index in [9.17, 15) is 14.0 Å². The van der Waals surface area contributed by atoms with Gasteiger partial charge >= 0.3 is 0 Å². The fourth-order valence-corrected chi connectivity index (χ4v) is 3.42. The first kappa shape index (κ1) is 16.8. The molecule has 0 atom stereocenters. The molecule has 5 heteroatoms. The van der Waals surface area contributed by atoms with E-state index in [1.54, 1.807) is 12.1 Å². The van der Waals surface area contributed by atoms with Crippen LogP contribution in [0.5, 0.6) is 0 Å². The van der Waals surface area contributed by atoms with Gasteiger partial charge < -0.3 is 10.2 Å². The van der Waals surface area contributed by atoms with Crippen LogP contribution in [0.3, 0.4) is 0 Å². The Balaban J connectivity index is 1.49. The van der Waals surface area contributed by atoms with Crippen LogP contribution in [0, 0.1) is 11.7 Å². The normalized spacial score (nSPS) is 16.1. The number of carbonyl (C=O) groups is 2. The summed E-state index contributed by atoms with van der Waals surface area (Å²) in [5.41, 5.74) is 3.52. The Morgan fingerprint density at radius 3 is 2.62 bits per heavy atom. The molecule has 134 valence electrons. The van der Waals surface area contributed by atoms with E-state index in [1.165, 1.54) is 12.1 Å². The van der Waals surface area contributed by atoms with Gasteiger partial charge in [0.1, 0.15) is 5.82 Å². The molecule has 26 heavy (non-hydrogen) atoms. The Morgan fingerprint density at radius 2 is 1.88 bits per heavy atom. The van der Waals surface area contributed by atoms with Crippen LogP contribution in [0.15, 0.2) is 42.5 Å². The van der Waals surface area contributed by atoms with E-state index in [2.05, 4.69) is 5.32 Å². The number of nitrogens with zero attached hydrogens (tertiary/aromatic N) is 1. The van der Waals surface area contributed by atoms with Crippen molar-refractivity contribution >= 4 is 23.2 Å². The lowest BCUT2D eigenvalue weighted by atomic mass is 10.0. The van der Waals surface area contributed by atoms with E-state index in [1.807, 2.05) is 23.1 Å². The smallest absolute Gasteiger partial charge is 0.230 e. The fraction of sp³-hybridized carbons (Fsp3) is 0.333. The summed E-state index contributed by atoms with van der Waals surface area (Å²) < 4.78 is 13.0. The van der Waals surface area contributed by atoms with Gasteiger partial charge in [0.2, 0.25) is 11.8 Å². The number of hydrogen-bond acceptors (Lipinski definition) is 2. The largest absolute Gasteiger partial charge is 0.326 e. The van der Waals surface area contributed by atoms with Crippen molar-refractivity contribution in [3.63, 3.8) is 0 Å². The second-order valence-corrected chi connectivity index (χ2v) is 7.06. The summed E-state index contributed by atoms with van der Waals surface area (Å²) in [6, 6.07) is 11.7. The molecule has 4 rings (SSSR count). The lowest BCUT2D eigenvalue weighted by Gasteiger charge is -2.30. The second kappa shape index (κ2) is 6.90. The van der Waals surface area contributed by atoms with Crippen LogP contribution in [0.4, 0.5) is 15.8 Å². The third-order valence-electron chi connectivity index (χ3n) is 4.96. The van der Waals surface area contributed by atoms with Gasteiger partial charge in [-0.15, -0.1) is 0 Å². The van der Waals surface area contributed by atoms with Gasteiger partial charge in [-0.25, -0.2) is 4.39 Å². The molecule has 2 amide bonds. The molecule has 0 unspecified atom stereocenters. The molecule has 1 saturated carbocycles. The van der Waals surface area contributed by atoms with Crippen LogP contribution in [0.1, 0.15) is 30.4 Å². The van der Waals surface area contributed by atoms with E-state index in [0.717, 1.165) is 49.0 Å². The Hall–Kier alpha value is -2.69. The van der Waals surface area contributed by atoms with Crippen molar-refractivity contribution in [2.75, 3.05) is 16.8 Å². The topological polar surface area (TPSA) is 49.4 Å². The van der Waals surface area contributed by atoms with Crippen LogP contribution in [0.25, 0.3) is 0 Å². The van der Waals surface area contributed by atoms with Gasteiger partial charge in [-0.2, -0.15) is 0 Å². The zero-order valence-corrected chi connectivity index (χ0v) is 14.5. The number of carbonyl (C=O) groups excluding carboxylic acids is 2. The van der Waals surface area contributed by atoms with Gasteiger partial charge in [-0.3, -0.25) is 9.59 Å². The van der Waals surface area contributed by atoms with E-state index in [0.29, 0.717) is 5.69 Å². The Labute approximate surface area is 152 Å². The second-order valence-electron chi connectivity index (χ2n) is 7.06. The van der Waals surface area contributed by atoms with Crippen molar-refractivity contribution in [2.24, 2.45) is 5.92 Å². The van der Waals surface area contributed by atoms with Crippen LogP contribution < -0.4 is 10.2 Å². The lowest BCUT2D eigenvalue weighted by Crippen LogP contribution is -2.36.